The SMILES string of the molecule is N#CCOc1ccc(C=Nn2c(-c3cc4cc(Cl)ccc4o3)nc3ccccc3c2=O)cc1Br. The molecule has 2 aromatic heterocycles. The van der Waals surface area contributed by atoms with Gasteiger partial charge >= 0.3 is 0 Å². The predicted molar refractivity (Wildman–Crippen MR) is 134 cm³/mol. The summed E-state index contributed by atoms with van der Waals surface area (Å²) in [6, 6.07) is 21.3. The third-order valence-corrected chi connectivity index (χ3v) is 5.88. The molecule has 0 unspecified atom stereocenters. The fourth-order valence-electron chi connectivity index (χ4n) is 3.46. The molecule has 34 heavy (non-hydrogen) atoms. The maximum atomic E-state index is 13.3. The monoisotopic (exact) mass is 532 g/mol. The van der Waals surface area contributed by atoms with Gasteiger partial charge in [0.1, 0.15) is 17.4 Å². The zero-order valence-electron chi connectivity index (χ0n) is 17.4. The Hall–Kier alpha value is -3.93. The van der Waals surface area contributed by atoms with Crippen LogP contribution in [-0.2, 0) is 0 Å². The first kappa shape index (κ1) is 21.9. The molecule has 166 valence electrons. The van der Waals surface area contributed by atoms with Crippen LogP contribution in [0.3, 0.4) is 0 Å². The molecule has 0 fully saturated rings. The molecule has 0 aliphatic carbocycles. The van der Waals surface area contributed by atoms with E-state index in [2.05, 4.69) is 26.0 Å². The Labute approximate surface area is 206 Å². The van der Waals surface area contributed by atoms with E-state index in [0.717, 1.165) is 5.39 Å². The first-order chi connectivity index (χ1) is 16.5. The highest BCUT2D eigenvalue weighted by Crippen LogP contribution is 2.29. The van der Waals surface area contributed by atoms with Crippen LogP contribution in [0.15, 0.2) is 85.5 Å². The molecular formula is C25H14BrClN4O3. The Balaban J connectivity index is 1.64. The van der Waals surface area contributed by atoms with Crippen LogP contribution in [-0.4, -0.2) is 22.5 Å². The van der Waals surface area contributed by atoms with Crippen molar-refractivity contribution in [3.63, 3.8) is 0 Å². The number of fused-ring (bicyclic) bond motifs is 2. The van der Waals surface area contributed by atoms with Crippen LogP contribution in [0.5, 0.6) is 5.75 Å². The normalized spacial score (nSPS) is 11.3. The largest absolute Gasteiger partial charge is 0.478 e. The lowest BCUT2D eigenvalue weighted by molar-refractivity contribution is 0.366. The van der Waals surface area contributed by atoms with Crippen molar-refractivity contribution in [2.24, 2.45) is 5.10 Å². The van der Waals surface area contributed by atoms with E-state index in [1.165, 1.54) is 4.68 Å². The van der Waals surface area contributed by atoms with E-state index in [1.54, 1.807) is 66.9 Å². The minimum atomic E-state index is -0.330. The average molecular weight is 534 g/mol. The summed E-state index contributed by atoms with van der Waals surface area (Å²) < 4.78 is 13.2. The molecule has 5 rings (SSSR count). The van der Waals surface area contributed by atoms with E-state index in [1.807, 2.05) is 12.1 Å². The Morgan fingerprint density at radius 1 is 1.18 bits per heavy atom. The van der Waals surface area contributed by atoms with Crippen molar-refractivity contribution in [2.45, 2.75) is 0 Å². The van der Waals surface area contributed by atoms with Gasteiger partial charge in [-0.1, -0.05) is 23.7 Å². The zero-order chi connectivity index (χ0) is 23.7. The molecule has 7 nitrogen and oxygen atoms in total. The number of benzene rings is 3. The van der Waals surface area contributed by atoms with Crippen molar-refractivity contribution < 1.29 is 9.15 Å². The minimum Gasteiger partial charge on any atom is -0.478 e. The molecule has 0 saturated carbocycles. The van der Waals surface area contributed by atoms with Crippen LogP contribution in [0.4, 0.5) is 0 Å². The molecule has 0 saturated heterocycles. The molecule has 0 amide bonds. The summed E-state index contributed by atoms with van der Waals surface area (Å²) in [6.07, 6.45) is 1.54. The summed E-state index contributed by atoms with van der Waals surface area (Å²) in [5.74, 6) is 1.18. The van der Waals surface area contributed by atoms with Crippen molar-refractivity contribution in [1.82, 2.24) is 9.66 Å². The molecule has 0 spiro atoms. The first-order valence-electron chi connectivity index (χ1n) is 10.1. The van der Waals surface area contributed by atoms with Crippen molar-refractivity contribution in [2.75, 3.05) is 6.61 Å². The summed E-state index contributed by atoms with van der Waals surface area (Å²) >= 11 is 9.54. The smallest absolute Gasteiger partial charge is 0.282 e. The number of rotatable bonds is 5. The van der Waals surface area contributed by atoms with Gasteiger partial charge in [-0.2, -0.15) is 15.0 Å². The van der Waals surface area contributed by atoms with Gasteiger partial charge in [0.05, 0.1) is 21.6 Å². The van der Waals surface area contributed by atoms with Crippen LogP contribution < -0.4 is 10.3 Å². The van der Waals surface area contributed by atoms with E-state index in [0.29, 0.717) is 43.1 Å². The molecule has 9 heteroatoms. The molecule has 0 atom stereocenters. The highest BCUT2D eigenvalue weighted by atomic mass is 79.9. The molecule has 0 aliphatic heterocycles. The van der Waals surface area contributed by atoms with Gasteiger partial charge in [-0.05, 0) is 76.1 Å². The number of hydrogen-bond acceptors (Lipinski definition) is 6. The number of ether oxygens (including phenoxy) is 1. The van der Waals surface area contributed by atoms with Gasteiger partial charge < -0.3 is 9.15 Å². The van der Waals surface area contributed by atoms with Crippen LogP contribution in [0.1, 0.15) is 5.56 Å². The van der Waals surface area contributed by atoms with Crippen LogP contribution in [0, 0.1) is 11.3 Å². The maximum absolute atomic E-state index is 13.3. The second-order valence-corrected chi connectivity index (χ2v) is 8.53. The highest BCUT2D eigenvalue weighted by Gasteiger charge is 2.16. The number of para-hydroxylation sites is 1. The summed E-state index contributed by atoms with van der Waals surface area (Å²) in [6.45, 7) is -0.0593. The van der Waals surface area contributed by atoms with Gasteiger partial charge in [0, 0.05) is 10.4 Å². The van der Waals surface area contributed by atoms with Crippen LogP contribution >= 0.6 is 27.5 Å². The molecule has 2 heterocycles. The molecule has 0 aliphatic rings. The van der Waals surface area contributed by atoms with E-state index in [9.17, 15) is 4.79 Å². The van der Waals surface area contributed by atoms with Gasteiger partial charge in [-0.25, -0.2) is 4.98 Å². The molecular weight excluding hydrogens is 520 g/mol. The van der Waals surface area contributed by atoms with Gasteiger partial charge in [-0.15, -0.1) is 0 Å². The topological polar surface area (TPSA) is 93.4 Å². The first-order valence-corrected chi connectivity index (χ1v) is 11.3. The third kappa shape index (κ3) is 4.19. The minimum absolute atomic E-state index is 0.0593. The Kier molecular flexibility index (Phi) is 5.88. The van der Waals surface area contributed by atoms with E-state index in [4.69, 9.17) is 26.0 Å². The van der Waals surface area contributed by atoms with Crippen molar-refractivity contribution in [3.05, 3.63) is 92.1 Å². The standard InChI is InChI=1S/C25H14BrClN4O3/c26-19-11-15(5-7-22(19)33-10-9-28)14-29-31-24(30-20-4-2-1-3-18(20)25(31)32)23-13-16-12-17(27)6-8-21(16)34-23/h1-8,11-14H,10H2. The highest BCUT2D eigenvalue weighted by molar-refractivity contribution is 9.10. The van der Waals surface area contributed by atoms with Crippen molar-refractivity contribution >= 4 is 55.6 Å². The average Bonchev–Trinajstić information content (AvgIpc) is 3.26. The molecule has 0 radical (unpaired) electrons. The quantitative estimate of drug-likeness (QED) is 0.258. The number of aromatic nitrogens is 2. The number of furan rings is 1. The predicted octanol–water partition coefficient (Wildman–Crippen LogP) is 6.01. The lowest BCUT2D eigenvalue weighted by atomic mass is 10.2. The zero-order valence-corrected chi connectivity index (χ0v) is 19.7. The Morgan fingerprint density at radius 2 is 2.03 bits per heavy atom. The lowest BCUT2D eigenvalue weighted by Crippen LogP contribution is -2.20. The Morgan fingerprint density at radius 3 is 2.85 bits per heavy atom. The summed E-state index contributed by atoms with van der Waals surface area (Å²) in [4.78, 5) is 18.0. The van der Waals surface area contributed by atoms with Gasteiger partial charge in [0.25, 0.3) is 5.56 Å². The number of hydrogen-bond donors (Lipinski definition) is 0. The fourth-order valence-corrected chi connectivity index (χ4v) is 4.16. The molecule has 5 aromatic rings. The van der Waals surface area contributed by atoms with E-state index < -0.39 is 0 Å². The number of nitriles is 1. The van der Waals surface area contributed by atoms with Crippen LogP contribution in [0.25, 0.3) is 33.5 Å². The number of nitrogens with zero attached hydrogens (tertiary/aromatic N) is 4. The maximum Gasteiger partial charge on any atom is 0.282 e. The number of halogens is 2. The van der Waals surface area contributed by atoms with E-state index >= 15 is 0 Å². The van der Waals surface area contributed by atoms with Crippen LogP contribution in [0.2, 0.25) is 5.02 Å². The summed E-state index contributed by atoms with van der Waals surface area (Å²) in [5, 5.41) is 14.9. The summed E-state index contributed by atoms with van der Waals surface area (Å²) in [5.41, 5.74) is 1.53. The van der Waals surface area contributed by atoms with Gasteiger partial charge in [0.15, 0.2) is 12.4 Å². The third-order valence-electron chi connectivity index (χ3n) is 5.02. The Bertz CT molecular complexity index is 1680. The van der Waals surface area contributed by atoms with Crippen molar-refractivity contribution in [1.29, 1.82) is 5.26 Å². The van der Waals surface area contributed by atoms with Crippen molar-refractivity contribution in [3.8, 4) is 23.4 Å². The van der Waals surface area contributed by atoms with Gasteiger partial charge in [0.2, 0.25) is 5.82 Å². The van der Waals surface area contributed by atoms with E-state index in [-0.39, 0.29) is 18.0 Å². The second kappa shape index (κ2) is 9.14. The second-order valence-electron chi connectivity index (χ2n) is 7.24. The summed E-state index contributed by atoms with van der Waals surface area (Å²) in [7, 11) is 0. The fraction of sp³-hybridized carbons (Fsp3) is 0.0400. The molecule has 0 bridgehead atoms. The molecule has 0 N–H and O–H groups in total. The van der Waals surface area contributed by atoms with Gasteiger partial charge in [-0.3, -0.25) is 4.79 Å². The lowest BCUT2D eigenvalue weighted by Gasteiger charge is -2.08. The molecule has 3 aromatic carbocycles.